The zero-order valence-corrected chi connectivity index (χ0v) is 15.1. The average molecular weight is 337 g/mol. The first-order valence-corrected chi connectivity index (χ1v) is 9.28. The molecule has 1 amide bonds. The lowest BCUT2D eigenvalue weighted by molar-refractivity contribution is -0.193. The molecule has 5 nitrogen and oxygen atoms in total. The molecule has 24 heavy (non-hydrogen) atoms. The number of allylic oxidation sites excluding steroid dienone is 1. The molecule has 0 aromatic heterocycles. The largest absolute Gasteiger partial charge is 0.444 e. The van der Waals surface area contributed by atoms with Gasteiger partial charge < -0.3 is 9.57 Å². The van der Waals surface area contributed by atoms with Crippen molar-refractivity contribution in [3.05, 3.63) is 12.7 Å². The van der Waals surface area contributed by atoms with Crippen LogP contribution in [0.5, 0.6) is 0 Å². The van der Waals surface area contributed by atoms with Gasteiger partial charge in [-0.1, -0.05) is 18.9 Å². The van der Waals surface area contributed by atoms with Crippen LogP contribution in [0.4, 0.5) is 4.79 Å². The summed E-state index contributed by atoms with van der Waals surface area (Å²) in [6, 6.07) is -0.0504. The van der Waals surface area contributed by atoms with Gasteiger partial charge in [0.15, 0.2) is 0 Å². The van der Waals surface area contributed by atoms with Gasteiger partial charge in [0.25, 0.3) is 0 Å². The van der Waals surface area contributed by atoms with Crippen LogP contribution in [0.2, 0.25) is 0 Å². The Morgan fingerprint density at radius 1 is 1.25 bits per heavy atom. The van der Waals surface area contributed by atoms with Crippen molar-refractivity contribution in [2.75, 3.05) is 0 Å². The van der Waals surface area contributed by atoms with E-state index in [2.05, 4.69) is 6.58 Å². The molecule has 0 heterocycles. The number of ether oxygens (including phenoxy) is 1. The molecule has 2 fully saturated rings. The number of unbranched alkanes of at least 4 members (excludes halogenated alkanes) is 1. The van der Waals surface area contributed by atoms with Crippen molar-refractivity contribution < 1.29 is 19.2 Å². The number of hydrogen-bond acceptors (Lipinski definition) is 4. The lowest BCUT2D eigenvalue weighted by atomic mass is 9.88. The van der Waals surface area contributed by atoms with Gasteiger partial charge in [0.1, 0.15) is 5.60 Å². The third kappa shape index (κ3) is 4.74. The minimum Gasteiger partial charge on any atom is -0.441 e. The molecule has 5 heteroatoms. The molecule has 0 spiro atoms. The smallest absolute Gasteiger partial charge is 0.441 e. The Kier molecular flexibility index (Phi) is 6.69. The van der Waals surface area contributed by atoms with E-state index in [0.29, 0.717) is 5.92 Å². The lowest BCUT2D eigenvalue weighted by Gasteiger charge is -2.35. The van der Waals surface area contributed by atoms with Crippen LogP contribution in [0, 0.1) is 5.92 Å². The van der Waals surface area contributed by atoms with Crippen LogP contribution in [0.15, 0.2) is 12.7 Å². The molecular weight excluding hydrogens is 306 g/mol. The summed E-state index contributed by atoms with van der Waals surface area (Å²) in [4.78, 5) is 29.3. The number of carbonyl (C=O) groups excluding carboxylic acids is 2. The zero-order valence-electron chi connectivity index (χ0n) is 15.1. The maximum Gasteiger partial charge on any atom is 0.444 e. The topological polar surface area (TPSA) is 55.8 Å². The van der Waals surface area contributed by atoms with E-state index in [1.807, 2.05) is 13.0 Å². The molecule has 2 atom stereocenters. The number of amides is 1. The predicted octanol–water partition coefficient (Wildman–Crippen LogP) is 4.76. The van der Waals surface area contributed by atoms with Crippen molar-refractivity contribution in [2.24, 2.45) is 5.92 Å². The normalized spacial score (nSPS) is 27.0. The van der Waals surface area contributed by atoms with Crippen LogP contribution in [-0.2, 0) is 14.4 Å². The second kappa shape index (κ2) is 8.54. The third-order valence-electron chi connectivity index (χ3n) is 5.43. The van der Waals surface area contributed by atoms with Crippen LogP contribution in [0.1, 0.15) is 78.1 Å². The number of hydroxylamine groups is 2. The van der Waals surface area contributed by atoms with E-state index in [1.54, 1.807) is 0 Å². The van der Waals surface area contributed by atoms with Crippen molar-refractivity contribution >= 4 is 12.1 Å². The van der Waals surface area contributed by atoms with Gasteiger partial charge in [0.2, 0.25) is 0 Å². The van der Waals surface area contributed by atoms with Crippen LogP contribution >= 0.6 is 0 Å². The van der Waals surface area contributed by atoms with Gasteiger partial charge in [-0.05, 0) is 64.2 Å². The Hall–Kier alpha value is -1.52. The van der Waals surface area contributed by atoms with E-state index in [1.165, 1.54) is 12.0 Å². The highest BCUT2D eigenvalue weighted by Crippen LogP contribution is 2.42. The summed E-state index contributed by atoms with van der Waals surface area (Å²) in [5.74, 6) is -0.109. The molecule has 2 rings (SSSR count). The van der Waals surface area contributed by atoms with Gasteiger partial charge >= 0.3 is 12.1 Å². The Labute approximate surface area is 145 Å². The van der Waals surface area contributed by atoms with Crippen molar-refractivity contribution in [1.82, 2.24) is 5.06 Å². The fourth-order valence-electron chi connectivity index (χ4n) is 4.08. The van der Waals surface area contributed by atoms with Gasteiger partial charge in [0, 0.05) is 6.92 Å². The van der Waals surface area contributed by atoms with Crippen LogP contribution in [0.25, 0.3) is 0 Å². The first-order chi connectivity index (χ1) is 11.5. The molecule has 0 bridgehead atoms. The molecule has 2 aliphatic rings. The highest BCUT2D eigenvalue weighted by Gasteiger charge is 2.44. The van der Waals surface area contributed by atoms with Crippen LogP contribution in [-0.4, -0.2) is 28.8 Å². The Balaban J connectivity index is 2.00. The zero-order chi connectivity index (χ0) is 17.6. The van der Waals surface area contributed by atoms with Gasteiger partial charge in [-0.3, -0.25) is 4.79 Å². The van der Waals surface area contributed by atoms with E-state index >= 15 is 0 Å². The summed E-state index contributed by atoms with van der Waals surface area (Å²) in [5, 5.41) is 1.19. The highest BCUT2D eigenvalue weighted by molar-refractivity contribution is 5.72. The van der Waals surface area contributed by atoms with E-state index in [9.17, 15) is 9.59 Å². The van der Waals surface area contributed by atoms with E-state index in [-0.39, 0.29) is 6.04 Å². The summed E-state index contributed by atoms with van der Waals surface area (Å²) in [6.07, 6.45) is 11.4. The first-order valence-electron chi connectivity index (χ1n) is 9.28. The summed E-state index contributed by atoms with van der Waals surface area (Å²) in [7, 11) is 0. The number of hydrogen-bond donors (Lipinski definition) is 0. The van der Waals surface area contributed by atoms with E-state index in [0.717, 1.165) is 64.2 Å². The van der Waals surface area contributed by atoms with Crippen LogP contribution < -0.4 is 0 Å². The quantitative estimate of drug-likeness (QED) is 0.398. The molecule has 0 aliphatic heterocycles. The monoisotopic (exact) mass is 337 g/mol. The summed E-state index contributed by atoms with van der Waals surface area (Å²) in [6.45, 7) is 7.11. The molecule has 0 N–H and O–H groups in total. The molecule has 0 unspecified atom stereocenters. The summed E-state index contributed by atoms with van der Waals surface area (Å²) in [5.41, 5.74) is -0.463. The molecule has 0 radical (unpaired) electrons. The highest BCUT2D eigenvalue weighted by atomic mass is 16.8. The SMILES string of the molecule is C=CCCC[C@@H]1CCC[C@@]1(C)OC(=O)N(OC(C)=O)C1CCCC1. The molecule has 0 saturated heterocycles. The number of nitrogens with zero attached hydrogens (tertiary/aromatic N) is 1. The van der Waals surface area contributed by atoms with Crippen LogP contribution in [0.3, 0.4) is 0 Å². The molecule has 0 aromatic rings. The van der Waals surface area contributed by atoms with Crippen molar-refractivity contribution in [2.45, 2.75) is 89.7 Å². The molecular formula is C19H31NO4. The maximum atomic E-state index is 12.7. The van der Waals surface area contributed by atoms with Gasteiger partial charge in [-0.15, -0.1) is 11.6 Å². The molecule has 2 saturated carbocycles. The Morgan fingerprint density at radius 2 is 1.96 bits per heavy atom. The van der Waals surface area contributed by atoms with Crippen molar-refractivity contribution in [3.8, 4) is 0 Å². The second-order valence-corrected chi connectivity index (χ2v) is 7.34. The van der Waals surface area contributed by atoms with Gasteiger partial charge in [-0.2, -0.15) is 0 Å². The number of carbonyl (C=O) groups is 2. The third-order valence-corrected chi connectivity index (χ3v) is 5.43. The average Bonchev–Trinajstić information content (AvgIpc) is 3.15. The van der Waals surface area contributed by atoms with E-state index < -0.39 is 17.7 Å². The standard InChI is InChI=1S/C19H31NO4/c1-4-5-6-10-16-11-9-14-19(16,3)23-18(22)20(24-15(2)21)17-12-7-8-13-17/h4,16-17H,1,5-14H2,2-3H3/t16-,19-/m1/s1. The fourth-order valence-corrected chi connectivity index (χ4v) is 4.08. The minimum absolute atomic E-state index is 0.0504. The Bertz CT molecular complexity index is 458. The lowest BCUT2D eigenvalue weighted by Crippen LogP contribution is -2.46. The van der Waals surface area contributed by atoms with Crippen molar-refractivity contribution in [3.63, 3.8) is 0 Å². The minimum atomic E-state index is -0.504. The predicted molar refractivity (Wildman–Crippen MR) is 92.1 cm³/mol. The number of rotatable bonds is 6. The maximum absolute atomic E-state index is 12.7. The first kappa shape index (κ1) is 18.8. The van der Waals surface area contributed by atoms with Crippen molar-refractivity contribution in [1.29, 1.82) is 0 Å². The summed E-state index contributed by atoms with van der Waals surface area (Å²) >= 11 is 0. The Morgan fingerprint density at radius 3 is 2.58 bits per heavy atom. The second-order valence-electron chi connectivity index (χ2n) is 7.34. The van der Waals surface area contributed by atoms with E-state index in [4.69, 9.17) is 9.57 Å². The van der Waals surface area contributed by atoms with Gasteiger partial charge in [-0.25, -0.2) is 4.79 Å². The fraction of sp³-hybridized carbons (Fsp3) is 0.789. The van der Waals surface area contributed by atoms with Gasteiger partial charge in [0.05, 0.1) is 6.04 Å². The molecule has 0 aromatic carbocycles. The molecule has 2 aliphatic carbocycles. The summed E-state index contributed by atoms with van der Waals surface area (Å²) < 4.78 is 5.90. The molecule has 136 valence electrons.